The summed E-state index contributed by atoms with van der Waals surface area (Å²) >= 11 is 0. The number of likely N-dealkylation sites (tertiary alicyclic amines) is 1. The van der Waals surface area contributed by atoms with Crippen molar-refractivity contribution < 1.29 is 14.3 Å². The Morgan fingerprint density at radius 1 is 1.48 bits per heavy atom. The van der Waals surface area contributed by atoms with Crippen LogP contribution in [0.15, 0.2) is 24.5 Å². The second kappa shape index (κ2) is 6.48. The van der Waals surface area contributed by atoms with Crippen molar-refractivity contribution in [2.24, 2.45) is 24.8 Å². The molecule has 0 N–H and O–H groups in total. The number of ether oxygens (including phenoxy) is 1. The maximum Gasteiger partial charge on any atom is 0.230 e. The van der Waals surface area contributed by atoms with Crippen LogP contribution in [0.4, 0.5) is 0 Å². The standard InChI is InChI=1S/C20H28N4O3/c1-13(2)6-8-24-12-20-7-5-15(27-20)16(17(20)19(24)26)18(25)22(3)10-14-9-21-23(4)11-14/h5,7,9,11,13,15-17H,6,8,10,12H2,1-4H3/t15-,16-,17+,20-/m0/s1. The normalized spacial score (nSPS) is 31.2. The zero-order valence-corrected chi connectivity index (χ0v) is 16.5. The number of nitrogens with zero attached hydrogens (tertiary/aromatic N) is 4. The van der Waals surface area contributed by atoms with Crippen LogP contribution in [0.3, 0.4) is 0 Å². The van der Waals surface area contributed by atoms with Crippen LogP contribution in [-0.4, -0.2) is 63.2 Å². The lowest BCUT2D eigenvalue weighted by atomic mass is 9.76. The zero-order valence-electron chi connectivity index (χ0n) is 16.5. The summed E-state index contributed by atoms with van der Waals surface area (Å²) in [5.74, 6) is -0.266. The fraction of sp³-hybridized carbons (Fsp3) is 0.650. The molecule has 2 bridgehead atoms. The Morgan fingerprint density at radius 3 is 2.93 bits per heavy atom. The number of aryl methyl sites for hydroxylation is 1. The summed E-state index contributed by atoms with van der Waals surface area (Å²) < 4.78 is 7.91. The van der Waals surface area contributed by atoms with Crippen LogP contribution in [0.2, 0.25) is 0 Å². The zero-order chi connectivity index (χ0) is 19.3. The highest BCUT2D eigenvalue weighted by molar-refractivity contribution is 5.93. The van der Waals surface area contributed by atoms with Crippen LogP contribution >= 0.6 is 0 Å². The van der Waals surface area contributed by atoms with Crippen LogP contribution in [0.1, 0.15) is 25.8 Å². The number of fused-ring (bicyclic) bond motifs is 1. The molecule has 0 radical (unpaired) electrons. The molecule has 7 heteroatoms. The van der Waals surface area contributed by atoms with Crippen molar-refractivity contribution in [3.05, 3.63) is 30.1 Å². The number of hydrogen-bond acceptors (Lipinski definition) is 4. The van der Waals surface area contributed by atoms with Gasteiger partial charge in [-0.25, -0.2) is 0 Å². The highest BCUT2D eigenvalue weighted by atomic mass is 16.5. The number of hydrogen-bond donors (Lipinski definition) is 0. The second-order valence-corrected chi connectivity index (χ2v) is 8.56. The summed E-state index contributed by atoms with van der Waals surface area (Å²) in [7, 11) is 3.64. The van der Waals surface area contributed by atoms with Crippen molar-refractivity contribution in [2.75, 3.05) is 20.1 Å². The van der Waals surface area contributed by atoms with Crippen molar-refractivity contribution >= 4 is 11.8 Å². The molecule has 0 aliphatic carbocycles. The molecule has 7 nitrogen and oxygen atoms in total. The Balaban J connectivity index is 1.51. The van der Waals surface area contributed by atoms with Gasteiger partial charge in [0, 0.05) is 38.9 Å². The van der Waals surface area contributed by atoms with Gasteiger partial charge in [-0.15, -0.1) is 0 Å². The molecule has 3 aliphatic heterocycles. The number of carbonyl (C=O) groups is 2. The Morgan fingerprint density at radius 2 is 2.26 bits per heavy atom. The molecule has 4 heterocycles. The quantitative estimate of drug-likeness (QED) is 0.704. The van der Waals surface area contributed by atoms with Crippen molar-refractivity contribution in [3.8, 4) is 0 Å². The van der Waals surface area contributed by atoms with E-state index in [1.54, 1.807) is 22.8 Å². The lowest BCUT2D eigenvalue weighted by Gasteiger charge is -2.27. The molecule has 0 unspecified atom stereocenters. The first-order chi connectivity index (χ1) is 12.8. The van der Waals surface area contributed by atoms with E-state index in [9.17, 15) is 9.59 Å². The topological polar surface area (TPSA) is 67.7 Å². The third-order valence-electron chi connectivity index (χ3n) is 5.99. The van der Waals surface area contributed by atoms with Crippen LogP contribution in [0, 0.1) is 17.8 Å². The van der Waals surface area contributed by atoms with Crippen molar-refractivity contribution in [3.63, 3.8) is 0 Å². The van der Waals surface area contributed by atoms with E-state index in [2.05, 4.69) is 18.9 Å². The van der Waals surface area contributed by atoms with Gasteiger partial charge in [-0.05, 0) is 12.3 Å². The Hall–Kier alpha value is -2.15. The summed E-state index contributed by atoms with van der Waals surface area (Å²) in [6.07, 6.45) is 8.31. The average molecular weight is 372 g/mol. The first kappa shape index (κ1) is 18.2. The van der Waals surface area contributed by atoms with E-state index < -0.39 is 17.4 Å². The average Bonchev–Trinajstić information content (AvgIpc) is 3.34. The van der Waals surface area contributed by atoms with Crippen LogP contribution in [0.5, 0.6) is 0 Å². The van der Waals surface area contributed by atoms with E-state index in [0.29, 0.717) is 19.0 Å². The molecule has 2 amide bonds. The van der Waals surface area contributed by atoms with Crippen molar-refractivity contribution in [1.29, 1.82) is 0 Å². The SMILES string of the molecule is CC(C)CCN1C[C@]23C=C[C@H](O2)[C@H](C(=O)N(C)Cc2cnn(C)c2)[C@@H]3C1=O. The van der Waals surface area contributed by atoms with E-state index >= 15 is 0 Å². The summed E-state index contributed by atoms with van der Waals surface area (Å²) in [5.41, 5.74) is 0.354. The molecule has 27 heavy (non-hydrogen) atoms. The first-order valence-electron chi connectivity index (χ1n) is 9.69. The maximum atomic E-state index is 13.2. The van der Waals surface area contributed by atoms with E-state index in [1.807, 2.05) is 30.3 Å². The lowest BCUT2D eigenvalue weighted by molar-refractivity contribution is -0.142. The molecule has 4 atom stereocenters. The highest BCUT2D eigenvalue weighted by Crippen LogP contribution is 2.52. The smallest absolute Gasteiger partial charge is 0.230 e. The molecule has 146 valence electrons. The largest absolute Gasteiger partial charge is 0.360 e. The highest BCUT2D eigenvalue weighted by Gasteiger charge is 2.66. The van der Waals surface area contributed by atoms with Crippen molar-refractivity contribution in [2.45, 2.75) is 38.5 Å². The van der Waals surface area contributed by atoms with Gasteiger partial charge in [-0.2, -0.15) is 5.10 Å². The van der Waals surface area contributed by atoms with E-state index in [0.717, 1.165) is 18.5 Å². The van der Waals surface area contributed by atoms with Gasteiger partial charge in [0.25, 0.3) is 0 Å². The molecule has 2 fully saturated rings. The predicted octanol–water partition coefficient (Wildman–Crippen LogP) is 1.21. The summed E-state index contributed by atoms with van der Waals surface area (Å²) in [6, 6.07) is 0. The fourth-order valence-electron chi connectivity index (χ4n) is 4.62. The van der Waals surface area contributed by atoms with Gasteiger partial charge in [0.05, 0.1) is 30.7 Å². The molecule has 2 saturated heterocycles. The molecule has 1 spiro atoms. The number of amides is 2. The lowest BCUT2D eigenvalue weighted by Crippen LogP contribution is -2.44. The van der Waals surface area contributed by atoms with Gasteiger partial charge < -0.3 is 14.5 Å². The second-order valence-electron chi connectivity index (χ2n) is 8.56. The van der Waals surface area contributed by atoms with Gasteiger partial charge >= 0.3 is 0 Å². The number of carbonyl (C=O) groups excluding carboxylic acids is 2. The minimum absolute atomic E-state index is 0.0286. The van der Waals surface area contributed by atoms with Gasteiger partial charge in [0.2, 0.25) is 11.8 Å². The van der Waals surface area contributed by atoms with E-state index in [-0.39, 0.29) is 17.9 Å². The number of aromatic nitrogens is 2. The Kier molecular flexibility index (Phi) is 4.37. The van der Waals surface area contributed by atoms with E-state index in [4.69, 9.17) is 4.74 Å². The third-order valence-corrected chi connectivity index (χ3v) is 5.99. The first-order valence-corrected chi connectivity index (χ1v) is 9.69. The van der Waals surface area contributed by atoms with Gasteiger partial charge in [0.1, 0.15) is 5.60 Å². The van der Waals surface area contributed by atoms with Crippen LogP contribution in [0.25, 0.3) is 0 Å². The van der Waals surface area contributed by atoms with Crippen LogP contribution in [-0.2, 0) is 27.9 Å². The molecule has 4 rings (SSSR count). The molecule has 3 aliphatic rings. The predicted molar refractivity (Wildman–Crippen MR) is 99.4 cm³/mol. The molecule has 1 aromatic heterocycles. The van der Waals surface area contributed by atoms with Crippen LogP contribution < -0.4 is 0 Å². The number of rotatable bonds is 6. The summed E-state index contributed by atoms with van der Waals surface area (Å²) in [5, 5.41) is 4.16. The van der Waals surface area contributed by atoms with Gasteiger partial charge in [0.15, 0.2) is 0 Å². The summed E-state index contributed by atoms with van der Waals surface area (Å²) in [6.45, 7) is 6.07. The maximum absolute atomic E-state index is 13.2. The monoisotopic (exact) mass is 372 g/mol. The Bertz CT molecular complexity index is 786. The van der Waals surface area contributed by atoms with Crippen molar-refractivity contribution in [1.82, 2.24) is 19.6 Å². The molecule has 0 aromatic carbocycles. The minimum atomic E-state index is -0.617. The Labute approximate surface area is 159 Å². The summed E-state index contributed by atoms with van der Waals surface area (Å²) in [4.78, 5) is 29.9. The molecule has 1 aromatic rings. The molecule has 0 saturated carbocycles. The van der Waals surface area contributed by atoms with E-state index in [1.165, 1.54) is 0 Å². The third kappa shape index (κ3) is 2.98. The molecular weight excluding hydrogens is 344 g/mol. The molecular formula is C20H28N4O3. The van der Waals surface area contributed by atoms with Gasteiger partial charge in [-0.1, -0.05) is 26.0 Å². The van der Waals surface area contributed by atoms with Gasteiger partial charge in [-0.3, -0.25) is 14.3 Å². The fourth-order valence-corrected chi connectivity index (χ4v) is 4.62. The minimum Gasteiger partial charge on any atom is -0.360 e.